The number of nitrogens with one attached hydrogen (secondary N) is 2. The van der Waals surface area contributed by atoms with Crippen LogP contribution in [0.1, 0.15) is 28.9 Å². The van der Waals surface area contributed by atoms with E-state index < -0.39 is 0 Å². The largest absolute Gasteiger partial charge is 0.383 e. The van der Waals surface area contributed by atoms with Crippen LogP contribution in [-0.4, -0.2) is 23.5 Å². The molecule has 0 radical (unpaired) electrons. The van der Waals surface area contributed by atoms with Gasteiger partial charge in [-0.25, -0.2) is 4.98 Å². The molecule has 0 aliphatic heterocycles. The van der Waals surface area contributed by atoms with E-state index >= 15 is 0 Å². The van der Waals surface area contributed by atoms with Gasteiger partial charge < -0.3 is 10.6 Å². The quantitative estimate of drug-likeness (QED) is 0.830. The maximum absolute atomic E-state index is 11.9. The molecular formula is C17H17Cl2N3O. The molecule has 6 heteroatoms. The van der Waals surface area contributed by atoms with Crippen molar-refractivity contribution in [2.45, 2.75) is 25.3 Å². The van der Waals surface area contributed by atoms with Gasteiger partial charge in [-0.2, -0.15) is 0 Å². The van der Waals surface area contributed by atoms with Crippen molar-refractivity contribution in [2.75, 3.05) is 11.9 Å². The average Bonchev–Trinajstić information content (AvgIpc) is 3.34. The highest BCUT2D eigenvalue weighted by atomic mass is 35.5. The molecule has 0 atom stereocenters. The molecule has 1 aliphatic carbocycles. The number of pyridine rings is 1. The minimum atomic E-state index is -0.105. The molecule has 1 heterocycles. The summed E-state index contributed by atoms with van der Waals surface area (Å²) >= 11 is 12.0. The Labute approximate surface area is 145 Å². The second-order valence-corrected chi connectivity index (χ2v) is 6.44. The van der Waals surface area contributed by atoms with Crippen LogP contribution in [0.25, 0.3) is 0 Å². The Morgan fingerprint density at radius 1 is 1.22 bits per heavy atom. The van der Waals surface area contributed by atoms with Gasteiger partial charge in [-0.05, 0) is 49.1 Å². The van der Waals surface area contributed by atoms with Gasteiger partial charge in [0.05, 0.1) is 11.9 Å². The molecule has 1 amide bonds. The van der Waals surface area contributed by atoms with Crippen LogP contribution in [0.3, 0.4) is 0 Å². The second-order valence-electron chi connectivity index (χ2n) is 5.59. The van der Waals surface area contributed by atoms with Gasteiger partial charge in [0, 0.05) is 22.6 Å². The van der Waals surface area contributed by atoms with Gasteiger partial charge in [0.2, 0.25) is 0 Å². The van der Waals surface area contributed by atoms with Gasteiger partial charge in [-0.15, -0.1) is 0 Å². The van der Waals surface area contributed by atoms with Crippen molar-refractivity contribution < 1.29 is 4.79 Å². The Morgan fingerprint density at radius 3 is 2.70 bits per heavy atom. The SMILES string of the molecule is O=C(NC1CC1)c1ccc(NCCc2ccc(Cl)cc2Cl)cn1. The van der Waals surface area contributed by atoms with Crippen LogP contribution in [0, 0.1) is 0 Å². The van der Waals surface area contributed by atoms with Crippen molar-refractivity contribution in [3.8, 4) is 0 Å². The van der Waals surface area contributed by atoms with Crippen LogP contribution in [0.5, 0.6) is 0 Å². The summed E-state index contributed by atoms with van der Waals surface area (Å²) in [6, 6.07) is 9.43. The fraction of sp³-hybridized carbons (Fsp3) is 0.294. The molecule has 2 N–H and O–H groups in total. The predicted octanol–water partition coefficient (Wildman–Crippen LogP) is 3.94. The fourth-order valence-electron chi connectivity index (χ4n) is 2.19. The Kier molecular flexibility index (Phi) is 5.03. The number of anilines is 1. The maximum atomic E-state index is 11.9. The van der Waals surface area contributed by atoms with E-state index in [9.17, 15) is 4.79 Å². The number of carbonyl (C=O) groups is 1. The molecule has 1 fully saturated rings. The Morgan fingerprint density at radius 2 is 2.04 bits per heavy atom. The van der Waals surface area contributed by atoms with Crippen LogP contribution in [0.15, 0.2) is 36.5 Å². The molecule has 2 aromatic rings. The Bertz CT molecular complexity index is 699. The Balaban J connectivity index is 1.51. The summed E-state index contributed by atoms with van der Waals surface area (Å²) in [5, 5.41) is 7.49. The highest BCUT2D eigenvalue weighted by Gasteiger charge is 2.24. The number of hydrogen-bond donors (Lipinski definition) is 2. The van der Waals surface area contributed by atoms with Gasteiger partial charge in [0.25, 0.3) is 5.91 Å². The van der Waals surface area contributed by atoms with Gasteiger partial charge in [-0.3, -0.25) is 4.79 Å². The van der Waals surface area contributed by atoms with E-state index in [0.29, 0.717) is 21.8 Å². The van der Waals surface area contributed by atoms with Crippen LogP contribution < -0.4 is 10.6 Å². The number of carbonyl (C=O) groups excluding carboxylic acids is 1. The lowest BCUT2D eigenvalue weighted by molar-refractivity contribution is 0.0946. The van der Waals surface area contributed by atoms with Crippen molar-refractivity contribution in [3.63, 3.8) is 0 Å². The van der Waals surface area contributed by atoms with Crippen LogP contribution in [-0.2, 0) is 6.42 Å². The zero-order valence-corrected chi connectivity index (χ0v) is 14.0. The summed E-state index contributed by atoms with van der Waals surface area (Å²) in [5.74, 6) is -0.105. The number of aromatic nitrogens is 1. The first-order chi connectivity index (χ1) is 11.1. The van der Waals surface area contributed by atoms with E-state index in [-0.39, 0.29) is 5.91 Å². The maximum Gasteiger partial charge on any atom is 0.270 e. The molecule has 1 aliphatic rings. The Hall–Kier alpha value is -1.78. The smallest absolute Gasteiger partial charge is 0.270 e. The number of hydrogen-bond acceptors (Lipinski definition) is 3. The van der Waals surface area contributed by atoms with Crippen molar-refractivity contribution in [1.29, 1.82) is 0 Å². The van der Waals surface area contributed by atoms with Crippen LogP contribution in [0.2, 0.25) is 10.0 Å². The van der Waals surface area contributed by atoms with Crippen molar-refractivity contribution in [3.05, 3.63) is 57.8 Å². The van der Waals surface area contributed by atoms with Gasteiger partial charge in [0.15, 0.2) is 0 Å². The summed E-state index contributed by atoms with van der Waals surface area (Å²) in [7, 11) is 0. The minimum absolute atomic E-state index is 0.105. The minimum Gasteiger partial charge on any atom is -0.383 e. The number of benzene rings is 1. The molecule has 4 nitrogen and oxygen atoms in total. The molecule has 23 heavy (non-hydrogen) atoms. The monoisotopic (exact) mass is 349 g/mol. The van der Waals surface area contributed by atoms with E-state index in [2.05, 4.69) is 15.6 Å². The zero-order valence-electron chi connectivity index (χ0n) is 12.5. The van der Waals surface area contributed by atoms with Crippen molar-refractivity contribution in [1.82, 2.24) is 10.3 Å². The number of amides is 1. The molecule has 120 valence electrons. The van der Waals surface area contributed by atoms with E-state index in [1.807, 2.05) is 18.2 Å². The van der Waals surface area contributed by atoms with Gasteiger partial charge >= 0.3 is 0 Å². The van der Waals surface area contributed by atoms with Crippen LogP contribution in [0.4, 0.5) is 5.69 Å². The summed E-state index contributed by atoms with van der Waals surface area (Å²) in [6.45, 7) is 0.719. The van der Waals surface area contributed by atoms with Crippen molar-refractivity contribution in [2.24, 2.45) is 0 Å². The third-order valence-electron chi connectivity index (χ3n) is 3.65. The standard InChI is InChI=1S/C17H17Cl2N3O/c18-12-2-1-11(15(19)9-12)7-8-20-14-5-6-16(21-10-14)17(23)22-13-3-4-13/h1-2,5-6,9-10,13,20H,3-4,7-8H2,(H,22,23). The molecule has 3 rings (SSSR count). The lowest BCUT2D eigenvalue weighted by atomic mass is 10.1. The van der Waals surface area contributed by atoms with Gasteiger partial charge in [-0.1, -0.05) is 29.3 Å². The van der Waals surface area contributed by atoms with Gasteiger partial charge in [0.1, 0.15) is 5.69 Å². The molecule has 0 spiro atoms. The summed E-state index contributed by atoms with van der Waals surface area (Å²) in [4.78, 5) is 16.0. The number of halogens is 2. The first-order valence-corrected chi connectivity index (χ1v) is 8.32. The molecule has 1 aromatic heterocycles. The average molecular weight is 350 g/mol. The summed E-state index contributed by atoms with van der Waals surface area (Å²) in [5.41, 5.74) is 2.36. The molecule has 0 bridgehead atoms. The van der Waals surface area contributed by atoms with E-state index in [1.165, 1.54) is 0 Å². The first-order valence-electron chi connectivity index (χ1n) is 7.56. The molecule has 0 unspecified atom stereocenters. The lowest BCUT2D eigenvalue weighted by Gasteiger charge is -2.08. The summed E-state index contributed by atoms with van der Waals surface area (Å²) in [6.07, 6.45) is 4.59. The second kappa shape index (κ2) is 7.20. The predicted molar refractivity (Wildman–Crippen MR) is 93.4 cm³/mol. The molecule has 0 saturated heterocycles. The number of rotatable bonds is 6. The van der Waals surface area contributed by atoms with E-state index in [4.69, 9.17) is 23.2 Å². The lowest BCUT2D eigenvalue weighted by Crippen LogP contribution is -2.26. The van der Waals surface area contributed by atoms with Crippen LogP contribution >= 0.6 is 23.2 Å². The highest BCUT2D eigenvalue weighted by molar-refractivity contribution is 6.35. The zero-order chi connectivity index (χ0) is 16.2. The van der Waals surface area contributed by atoms with E-state index in [1.54, 1.807) is 18.3 Å². The molecule has 1 saturated carbocycles. The first kappa shape index (κ1) is 16.1. The normalized spacial score (nSPS) is 13.7. The number of nitrogens with zero attached hydrogens (tertiary/aromatic N) is 1. The third-order valence-corrected chi connectivity index (χ3v) is 4.23. The topological polar surface area (TPSA) is 54.0 Å². The van der Waals surface area contributed by atoms with Crippen molar-refractivity contribution >= 4 is 34.8 Å². The third kappa shape index (κ3) is 4.60. The highest BCUT2D eigenvalue weighted by Crippen LogP contribution is 2.21. The summed E-state index contributed by atoms with van der Waals surface area (Å²) < 4.78 is 0. The molecular weight excluding hydrogens is 333 g/mol. The molecule has 1 aromatic carbocycles. The van der Waals surface area contributed by atoms with E-state index in [0.717, 1.165) is 37.1 Å². The fourth-order valence-corrected chi connectivity index (χ4v) is 2.69.